The minimum atomic E-state index is -0.000231. The molecule has 1 atom stereocenters. The van der Waals surface area contributed by atoms with E-state index in [0.717, 1.165) is 19.1 Å². The van der Waals surface area contributed by atoms with Crippen LogP contribution in [0, 0.1) is 5.92 Å². The van der Waals surface area contributed by atoms with Gasteiger partial charge in [-0.3, -0.25) is 4.90 Å². The molecule has 0 saturated heterocycles. The van der Waals surface area contributed by atoms with Crippen LogP contribution in [0.2, 0.25) is 0 Å². The number of rotatable bonds is 8. The van der Waals surface area contributed by atoms with Crippen molar-refractivity contribution in [2.75, 3.05) is 19.7 Å². The molecule has 1 unspecified atom stereocenters. The van der Waals surface area contributed by atoms with Crippen molar-refractivity contribution in [1.29, 1.82) is 0 Å². The Bertz CT molecular complexity index is 295. The summed E-state index contributed by atoms with van der Waals surface area (Å²) in [6.07, 6.45) is 10.8. The molecule has 3 fully saturated rings. The van der Waals surface area contributed by atoms with Gasteiger partial charge < -0.3 is 10.4 Å². The highest BCUT2D eigenvalue weighted by Gasteiger charge is 2.48. The summed E-state index contributed by atoms with van der Waals surface area (Å²) in [5.41, 5.74) is -0.000231. The molecule has 3 rings (SSSR count). The van der Waals surface area contributed by atoms with Crippen LogP contribution in [0.1, 0.15) is 58.3 Å². The van der Waals surface area contributed by atoms with E-state index in [1.165, 1.54) is 51.4 Å². The van der Waals surface area contributed by atoms with Gasteiger partial charge in [0.1, 0.15) is 0 Å². The smallest absolute Gasteiger partial charge is 0.0628 e. The van der Waals surface area contributed by atoms with Crippen molar-refractivity contribution < 1.29 is 5.11 Å². The molecule has 3 aliphatic rings. The number of nitrogens with zero attached hydrogens (tertiary/aromatic N) is 1. The second kappa shape index (κ2) is 5.71. The zero-order chi connectivity index (χ0) is 13.3. The van der Waals surface area contributed by atoms with E-state index in [1.54, 1.807) is 0 Å². The first-order valence-corrected chi connectivity index (χ1v) is 8.40. The van der Waals surface area contributed by atoms with E-state index in [4.69, 9.17) is 0 Å². The lowest BCUT2D eigenvalue weighted by molar-refractivity contribution is 0.0719. The molecule has 19 heavy (non-hydrogen) atoms. The van der Waals surface area contributed by atoms with Crippen LogP contribution in [0.3, 0.4) is 0 Å². The topological polar surface area (TPSA) is 35.5 Å². The van der Waals surface area contributed by atoms with Gasteiger partial charge >= 0.3 is 0 Å². The molecule has 2 N–H and O–H groups in total. The van der Waals surface area contributed by atoms with E-state index in [1.807, 2.05) is 0 Å². The lowest BCUT2D eigenvalue weighted by atomic mass is 9.92. The number of nitrogens with one attached hydrogen (secondary N) is 1. The Morgan fingerprint density at radius 2 is 1.79 bits per heavy atom. The summed E-state index contributed by atoms with van der Waals surface area (Å²) < 4.78 is 0. The molecule has 0 bridgehead atoms. The van der Waals surface area contributed by atoms with Gasteiger partial charge in [-0.2, -0.15) is 0 Å². The maximum atomic E-state index is 10.1. The minimum absolute atomic E-state index is 0.000231. The molecule has 0 spiro atoms. The fourth-order valence-electron chi connectivity index (χ4n) is 3.92. The lowest BCUT2D eigenvalue weighted by Gasteiger charge is -2.40. The van der Waals surface area contributed by atoms with E-state index in [9.17, 15) is 5.11 Å². The average molecular weight is 266 g/mol. The van der Waals surface area contributed by atoms with E-state index in [0.29, 0.717) is 18.6 Å². The van der Waals surface area contributed by atoms with Crippen LogP contribution in [0.15, 0.2) is 0 Å². The zero-order valence-electron chi connectivity index (χ0n) is 12.4. The second-order valence-electron chi connectivity index (χ2n) is 7.01. The Kier molecular flexibility index (Phi) is 4.16. The van der Waals surface area contributed by atoms with Gasteiger partial charge in [0.25, 0.3) is 0 Å². The maximum absolute atomic E-state index is 10.1. The van der Waals surface area contributed by atoms with Crippen LogP contribution in [0.5, 0.6) is 0 Å². The highest BCUT2D eigenvalue weighted by molar-refractivity contribution is 5.06. The van der Waals surface area contributed by atoms with Crippen molar-refractivity contribution in [1.82, 2.24) is 10.2 Å². The SMILES string of the molecule is CCN(CC(CO)(NC1CC1)C1CC1)C1CCCC1. The molecular weight excluding hydrogens is 236 g/mol. The van der Waals surface area contributed by atoms with E-state index >= 15 is 0 Å². The normalized spacial score (nSPS) is 27.9. The average Bonchev–Trinajstić information content (AvgIpc) is 3.35. The molecule has 0 aromatic heterocycles. The molecule has 3 nitrogen and oxygen atoms in total. The van der Waals surface area contributed by atoms with Crippen LogP contribution in [0.25, 0.3) is 0 Å². The predicted molar refractivity (Wildman–Crippen MR) is 78.2 cm³/mol. The Hall–Kier alpha value is -0.120. The predicted octanol–water partition coefficient (Wildman–Crippen LogP) is 2.14. The molecular formula is C16H30N2O. The Morgan fingerprint density at radius 3 is 2.26 bits per heavy atom. The number of hydrogen-bond donors (Lipinski definition) is 2. The summed E-state index contributed by atoms with van der Waals surface area (Å²) in [5.74, 6) is 0.716. The first kappa shape index (κ1) is 13.8. The summed E-state index contributed by atoms with van der Waals surface area (Å²) in [4.78, 5) is 2.65. The van der Waals surface area contributed by atoms with Gasteiger partial charge in [-0.05, 0) is 51.0 Å². The fraction of sp³-hybridized carbons (Fsp3) is 1.00. The third-order valence-corrected chi connectivity index (χ3v) is 5.44. The van der Waals surface area contributed by atoms with Gasteiger partial charge in [-0.15, -0.1) is 0 Å². The summed E-state index contributed by atoms with van der Waals surface area (Å²) >= 11 is 0. The molecule has 0 aromatic carbocycles. The largest absolute Gasteiger partial charge is 0.394 e. The first-order chi connectivity index (χ1) is 9.27. The van der Waals surface area contributed by atoms with Crippen molar-refractivity contribution >= 4 is 0 Å². The van der Waals surface area contributed by atoms with Gasteiger partial charge in [0.15, 0.2) is 0 Å². The van der Waals surface area contributed by atoms with E-state index in [-0.39, 0.29) is 5.54 Å². The summed E-state index contributed by atoms with van der Waals surface area (Å²) in [7, 11) is 0. The Balaban J connectivity index is 1.67. The Labute approximate surface area is 117 Å². The maximum Gasteiger partial charge on any atom is 0.0628 e. The highest BCUT2D eigenvalue weighted by atomic mass is 16.3. The van der Waals surface area contributed by atoms with Crippen molar-refractivity contribution in [3.05, 3.63) is 0 Å². The first-order valence-electron chi connectivity index (χ1n) is 8.40. The van der Waals surface area contributed by atoms with Crippen molar-refractivity contribution in [2.24, 2.45) is 5.92 Å². The molecule has 0 aromatic rings. The molecule has 3 saturated carbocycles. The summed E-state index contributed by atoms with van der Waals surface area (Å²) in [6.45, 7) is 4.79. The third kappa shape index (κ3) is 3.14. The van der Waals surface area contributed by atoms with Gasteiger partial charge in [0.05, 0.1) is 12.1 Å². The standard InChI is InChI=1S/C16H30N2O/c1-2-18(15-5-3-4-6-15)11-16(12-19,13-7-8-13)17-14-9-10-14/h13-15,17,19H,2-12H2,1H3. The van der Waals surface area contributed by atoms with Crippen LogP contribution in [-0.2, 0) is 0 Å². The van der Waals surface area contributed by atoms with E-state index < -0.39 is 0 Å². The molecule has 0 radical (unpaired) electrons. The fourth-order valence-corrected chi connectivity index (χ4v) is 3.92. The molecule has 0 amide bonds. The zero-order valence-corrected chi connectivity index (χ0v) is 12.4. The lowest BCUT2D eigenvalue weighted by Crippen LogP contribution is -2.60. The quantitative estimate of drug-likeness (QED) is 0.706. The van der Waals surface area contributed by atoms with Crippen molar-refractivity contribution in [2.45, 2.75) is 75.9 Å². The number of likely N-dealkylation sites (N-methyl/N-ethyl adjacent to an activating group) is 1. The van der Waals surface area contributed by atoms with Crippen LogP contribution >= 0.6 is 0 Å². The van der Waals surface area contributed by atoms with Crippen molar-refractivity contribution in [3.8, 4) is 0 Å². The van der Waals surface area contributed by atoms with Gasteiger partial charge in [0.2, 0.25) is 0 Å². The number of aliphatic hydroxyl groups is 1. The molecule has 0 aliphatic heterocycles. The third-order valence-electron chi connectivity index (χ3n) is 5.44. The number of hydrogen-bond acceptors (Lipinski definition) is 3. The van der Waals surface area contributed by atoms with Gasteiger partial charge in [-0.1, -0.05) is 19.8 Å². The molecule has 0 heterocycles. The van der Waals surface area contributed by atoms with E-state index in [2.05, 4.69) is 17.1 Å². The van der Waals surface area contributed by atoms with Crippen LogP contribution in [0.4, 0.5) is 0 Å². The Morgan fingerprint density at radius 1 is 1.11 bits per heavy atom. The monoisotopic (exact) mass is 266 g/mol. The highest BCUT2D eigenvalue weighted by Crippen LogP contribution is 2.42. The van der Waals surface area contributed by atoms with Crippen molar-refractivity contribution in [3.63, 3.8) is 0 Å². The molecule has 3 aliphatic carbocycles. The van der Waals surface area contributed by atoms with Gasteiger partial charge in [0, 0.05) is 18.6 Å². The minimum Gasteiger partial charge on any atom is -0.394 e. The van der Waals surface area contributed by atoms with Crippen LogP contribution < -0.4 is 5.32 Å². The molecule has 110 valence electrons. The second-order valence-corrected chi connectivity index (χ2v) is 7.01. The van der Waals surface area contributed by atoms with Crippen LogP contribution in [-0.4, -0.2) is 47.3 Å². The van der Waals surface area contributed by atoms with Gasteiger partial charge in [-0.25, -0.2) is 0 Å². The summed E-state index contributed by atoms with van der Waals surface area (Å²) in [6, 6.07) is 1.46. The molecule has 3 heteroatoms. The summed E-state index contributed by atoms with van der Waals surface area (Å²) in [5, 5.41) is 13.9. The number of aliphatic hydroxyl groups excluding tert-OH is 1.